The summed E-state index contributed by atoms with van der Waals surface area (Å²) in [6, 6.07) is 12.8. The van der Waals surface area contributed by atoms with Gasteiger partial charge in [0.15, 0.2) is 0 Å². The second-order valence-corrected chi connectivity index (χ2v) is 6.99. The molecule has 0 aliphatic rings. The Kier molecular flexibility index (Phi) is 6.19. The van der Waals surface area contributed by atoms with E-state index in [1.54, 1.807) is 54.6 Å². The third-order valence-electron chi connectivity index (χ3n) is 3.44. The minimum atomic E-state index is -3.65. The standard InChI is InChI=1S/C18H21N3O3S/c1-3-13-19-18(22)20-15-7-9-16(10-8-15)21-25(23,24)17-11-5-14(4-2)6-12-17/h3,5-12,21H,1,4,13H2,2H3,(H2,19,20,22). The Balaban J connectivity index is 2.04. The van der Waals surface area contributed by atoms with Crippen LogP contribution in [-0.2, 0) is 16.4 Å². The second-order valence-electron chi connectivity index (χ2n) is 5.30. The number of benzene rings is 2. The van der Waals surface area contributed by atoms with Gasteiger partial charge in [-0.25, -0.2) is 13.2 Å². The minimum Gasteiger partial charge on any atom is -0.334 e. The third-order valence-corrected chi connectivity index (χ3v) is 4.84. The van der Waals surface area contributed by atoms with E-state index in [1.807, 2.05) is 6.92 Å². The van der Waals surface area contributed by atoms with Crippen LogP contribution in [0.3, 0.4) is 0 Å². The van der Waals surface area contributed by atoms with E-state index in [-0.39, 0.29) is 10.9 Å². The Morgan fingerprint density at radius 2 is 1.64 bits per heavy atom. The molecule has 2 aromatic carbocycles. The predicted molar refractivity (Wildman–Crippen MR) is 100 cm³/mol. The molecule has 0 aliphatic heterocycles. The van der Waals surface area contributed by atoms with Gasteiger partial charge in [-0.05, 0) is 48.4 Å². The largest absolute Gasteiger partial charge is 0.334 e. The van der Waals surface area contributed by atoms with Crippen LogP contribution in [0.1, 0.15) is 12.5 Å². The molecule has 0 saturated heterocycles. The van der Waals surface area contributed by atoms with Crippen LogP contribution in [0.2, 0.25) is 0 Å². The van der Waals surface area contributed by atoms with Crippen molar-refractivity contribution in [1.82, 2.24) is 5.32 Å². The number of amides is 2. The molecule has 0 radical (unpaired) electrons. The normalized spacial score (nSPS) is 10.8. The molecular formula is C18H21N3O3S. The van der Waals surface area contributed by atoms with E-state index >= 15 is 0 Å². The predicted octanol–water partition coefficient (Wildman–Crippen LogP) is 3.36. The summed E-state index contributed by atoms with van der Waals surface area (Å²) in [7, 11) is -3.65. The first-order valence-electron chi connectivity index (χ1n) is 7.82. The summed E-state index contributed by atoms with van der Waals surface area (Å²) >= 11 is 0. The van der Waals surface area contributed by atoms with Crippen LogP contribution in [0.25, 0.3) is 0 Å². The third kappa shape index (κ3) is 5.36. The fourth-order valence-corrected chi connectivity index (χ4v) is 3.14. The molecule has 0 bridgehead atoms. The van der Waals surface area contributed by atoms with Crippen LogP contribution in [0.4, 0.5) is 16.2 Å². The first-order chi connectivity index (χ1) is 11.9. The summed E-state index contributed by atoms with van der Waals surface area (Å²) in [5.74, 6) is 0. The van der Waals surface area contributed by atoms with Gasteiger partial charge in [0.1, 0.15) is 0 Å². The molecule has 7 heteroatoms. The molecule has 0 saturated carbocycles. The summed E-state index contributed by atoms with van der Waals surface area (Å²) in [6.45, 7) is 5.88. The molecule has 0 aromatic heterocycles. The number of hydrogen-bond acceptors (Lipinski definition) is 3. The van der Waals surface area contributed by atoms with Gasteiger partial charge in [-0.2, -0.15) is 0 Å². The summed E-state index contributed by atoms with van der Waals surface area (Å²) in [4.78, 5) is 11.7. The van der Waals surface area contributed by atoms with Gasteiger partial charge >= 0.3 is 6.03 Å². The van der Waals surface area contributed by atoms with Crippen LogP contribution in [0.5, 0.6) is 0 Å². The molecule has 0 heterocycles. The first kappa shape index (κ1) is 18.5. The number of aryl methyl sites for hydroxylation is 1. The highest BCUT2D eigenvalue weighted by molar-refractivity contribution is 7.92. The van der Waals surface area contributed by atoms with Gasteiger partial charge in [-0.1, -0.05) is 25.1 Å². The molecule has 6 nitrogen and oxygen atoms in total. The Labute approximate surface area is 148 Å². The monoisotopic (exact) mass is 359 g/mol. The average Bonchev–Trinajstić information content (AvgIpc) is 2.61. The van der Waals surface area contributed by atoms with Gasteiger partial charge in [-0.3, -0.25) is 4.72 Å². The van der Waals surface area contributed by atoms with Crippen molar-refractivity contribution in [2.24, 2.45) is 0 Å². The average molecular weight is 359 g/mol. The molecule has 0 unspecified atom stereocenters. The molecule has 3 N–H and O–H groups in total. The lowest BCUT2D eigenvalue weighted by Crippen LogP contribution is -2.28. The van der Waals surface area contributed by atoms with Crippen molar-refractivity contribution in [1.29, 1.82) is 0 Å². The molecule has 132 valence electrons. The van der Waals surface area contributed by atoms with Gasteiger partial charge in [0.25, 0.3) is 10.0 Å². The Bertz CT molecular complexity index is 829. The van der Waals surface area contributed by atoms with Crippen LogP contribution >= 0.6 is 0 Å². The number of carbonyl (C=O) groups is 1. The van der Waals surface area contributed by atoms with E-state index in [1.165, 1.54) is 0 Å². The van der Waals surface area contributed by atoms with Crippen LogP contribution in [0, 0.1) is 0 Å². The highest BCUT2D eigenvalue weighted by atomic mass is 32.2. The lowest BCUT2D eigenvalue weighted by Gasteiger charge is -2.10. The molecule has 0 spiro atoms. The van der Waals surface area contributed by atoms with Crippen LogP contribution in [0.15, 0.2) is 66.1 Å². The second kappa shape index (κ2) is 8.34. The number of urea groups is 1. The smallest absolute Gasteiger partial charge is 0.319 e. The molecule has 2 aromatic rings. The van der Waals surface area contributed by atoms with Crippen molar-refractivity contribution in [3.05, 3.63) is 66.7 Å². The van der Waals surface area contributed by atoms with E-state index in [2.05, 4.69) is 21.9 Å². The van der Waals surface area contributed by atoms with Gasteiger partial charge < -0.3 is 10.6 Å². The quantitative estimate of drug-likeness (QED) is 0.663. The molecular weight excluding hydrogens is 338 g/mol. The number of carbonyl (C=O) groups excluding carboxylic acids is 1. The zero-order chi connectivity index (χ0) is 18.3. The van der Waals surface area contributed by atoms with Crippen molar-refractivity contribution in [2.45, 2.75) is 18.2 Å². The van der Waals surface area contributed by atoms with Gasteiger partial charge in [0, 0.05) is 17.9 Å². The molecule has 0 fully saturated rings. The van der Waals surface area contributed by atoms with E-state index in [0.29, 0.717) is 17.9 Å². The highest BCUT2D eigenvalue weighted by Crippen LogP contribution is 2.19. The number of sulfonamides is 1. The fourth-order valence-electron chi connectivity index (χ4n) is 2.08. The highest BCUT2D eigenvalue weighted by Gasteiger charge is 2.14. The Morgan fingerprint density at radius 3 is 2.20 bits per heavy atom. The molecule has 2 rings (SSSR count). The van der Waals surface area contributed by atoms with Gasteiger partial charge in [0.2, 0.25) is 0 Å². The van der Waals surface area contributed by atoms with Crippen LogP contribution < -0.4 is 15.4 Å². The maximum atomic E-state index is 12.4. The topological polar surface area (TPSA) is 87.3 Å². The maximum absolute atomic E-state index is 12.4. The first-order valence-corrected chi connectivity index (χ1v) is 9.30. The number of rotatable bonds is 7. The van der Waals surface area contributed by atoms with E-state index in [0.717, 1.165) is 12.0 Å². The molecule has 0 aliphatic carbocycles. The fraction of sp³-hybridized carbons (Fsp3) is 0.167. The SMILES string of the molecule is C=CCNC(=O)Nc1ccc(NS(=O)(=O)c2ccc(CC)cc2)cc1. The van der Waals surface area contributed by atoms with Crippen molar-refractivity contribution >= 4 is 27.4 Å². The number of anilines is 2. The zero-order valence-electron chi connectivity index (χ0n) is 14.0. The van der Waals surface area contributed by atoms with E-state index in [9.17, 15) is 13.2 Å². The summed E-state index contributed by atoms with van der Waals surface area (Å²) in [5, 5.41) is 5.22. The van der Waals surface area contributed by atoms with Gasteiger partial charge in [0.05, 0.1) is 4.90 Å². The van der Waals surface area contributed by atoms with Crippen molar-refractivity contribution in [3.8, 4) is 0 Å². The summed E-state index contributed by atoms with van der Waals surface area (Å²) in [5.41, 5.74) is 2.04. The van der Waals surface area contributed by atoms with Crippen molar-refractivity contribution in [3.63, 3.8) is 0 Å². The zero-order valence-corrected chi connectivity index (χ0v) is 14.8. The lowest BCUT2D eigenvalue weighted by atomic mass is 10.2. The number of nitrogens with one attached hydrogen (secondary N) is 3. The summed E-state index contributed by atoms with van der Waals surface area (Å²) < 4.78 is 27.3. The molecule has 25 heavy (non-hydrogen) atoms. The molecule has 2 amide bonds. The van der Waals surface area contributed by atoms with Crippen LogP contribution in [-0.4, -0.2) is 21.0 Å². The summed E-state index contributed by atoms with van der Waals surface area (Å²) in [6.07, 6.45) is 2.42. The maximum Gasteiger partial charge on any atom is 0.319 e. The minimum absolute atomic E-state index is 0.204. The van der Waals surface area contributed by atoms with Gasteiger partial charge in [-0.15, -0.1) is 6.58 Å². The number of hydrogen-bond donors (Lipinski definition) is 3. The Morgan fingerprint density at radius 1 is 1.04 bits per heavy atom. The lowest BCUT2D eigenvalue weighted by molar-refractivity contribution is 0.253. The molecule has 0 atom stereocenters. The van der Waals surface area contributed by atoms with E-state index < -0.39 is 10.0 Å². The van der Waals surface area contributed by atoms with Crippen molar-refractivity contribution < 1.29 is 13.2 Å². The van der Waals surface area contributed by atoms with E-state index in [4.69, 9.17) is 0 Å². The Hall–Kier alpha value is -2.80. The van der Waals surface area contributed by atoms with Crippen molar-refractivity contribution in [2.75, 3.05) is 16.6 Å².